The molecule has 0 heterocycles. The lowest BCUT2D eigenvalue weighted by molar-refractivity contribution is -0.385. The van der Waals surface area contributed by atoms with Crippen LogP contribution in [0.1, 0.15) is 39.0 Å². The Hall–Kier alpha value is -2.53. The van der Waals surface area contributed by atoms with E-state index < -0.39 is 4.92 Å². The number of nitro benzene ring substituents is 1. The van der Waals surface area contributed by atoms with E-state index in [2.05, 4.69) is 52.3 Å². The van der Waals surface area contributed by atoms with Gasteiger partial charge in [0.2, 0.25) is 5.91 Å². The third-order valence-electron chi connectivity index (χ3n) is 5.58. The Kier molecular flexibility index (Phi) is 8.41. The molecule has 0 unspecified atom stereocenters. The van der Waals surface area contributed by atoms with Crippen molar-refractivity contribution in [1.29, 1.82) is 0 Å². The van der Waals surface area contributed by atoms with Gasteiger partial charge in [-0.1, -0.05) is 19.3 Å². The first-order valence-corrected chi connectivity index (χ1v) is 12.1. The fraction of sp³-hybridized carbons (Fsp3) is 0.409. The Bertz CT molecular complexity index is 1060. The van der Waals surface area contributed by atoms with Crippen molar-refractivity contribution in [3.05, 3.63) is 43.3 Å². The summed E-state index contributed by atoms with van der Waals surface area (Å²) in [5, 5.41) is 22.5. The number of carbonyl (C=O) groups is 1. The summed E-state index contributed by atoms with van der Waals surface area (Å²) in [7, 11) is 3.63. The van der Waals surface area contributed by atoms with E-state index in [1.165, 1.54) is 38.3 Å². The molecular formula is C22H25Br2N5O4. The second-order valence-electron chi connectivity index (χ2n) is 7.84. The number of nitrogens with one attached hydrogen (secondary N) is 1. The summed E-state index contributed by atoms with van der Waals surface area (Å²) in [5.41, 5.74) is 2.07. The number of amides is 1. The molecule has 1 saturated carbocycles. The van der Waals surface area contributed by atoms with Gasteiger partial charge >= 0.3 is 0 Å². The van der Waals surface area contributed by atoms with Crippen molar-refractivity contribution in [3.63, 3.8) is 0 Å². The molecule has 1 aliphatic rings. The number of nitrogens with zero attached hydrogens (tertiary/aromatic N) is 4. The van der Waals surface area contributed by atoms with Gasteiger partial charge in [0.25, 0.3) is 5.69 Å². The normalized spacial score (nSPS) is 14.3. The lowest BCUT2D eigenvalue weighted by Crippen LogP contribution is -2.33. The molecule has 1 N–H and O–H groups in total. The number of non-ortho nitro benzene ring substituents is 1. The van der Waals surface area contributed by atoms with E-state index in [1.807, 2.05) is 13.1 Å². The van der Waals surface area contributed by atoms with Crippen LogP contribution in [0.5, 0.6) is 5.75 Å². The van der Waals surface area contributed by atoms with Crippen LogP contribution in [-0.4, -0.2) is 31.0 Å². The molecule has 1 fully saturated rings. The number of benzene rings is 2. The van der Waals surface area contributed by atoms with E-state index in [4.69, 9.17) is 4.74 Å². The van der Waals surface area contributed by atoms with Crippen LogP contribution in [0.25, 0.3) is 0 Å². The van der Waals surface area contributed by atoms with Gasteiger partial charge < -0.3 is 15.0 Å². The number of hydrogen-bond donors (Lipinski definition) is 1. The molecular weight excluding hydrogens is 558 g/mol. The molecule has 2 aromatic rings. The molecule has 0 aromatic heterocycles. The molecule has 1 amide bonds. The van der Waals surface area contributed by atoms with Crippen LogP contribution in [0.2, 0.25) is 0 Å². The van der Waals surface area contributed by atoms with E-state index in [1.54, 1.807) is 13.2 Å². The number of rotatable bonds is 7. The first kappa shape index (κ1) is 25.1. The van der Waals surface area contributed by atoms with Crippen LogP contribution in [0, 0.1) is 10.1 Å². The summed E-state index contributed by atoms with van der Waals surface area (Å²) in [6.45, 7) is 1.43. The maximum Gasteiger partial charge on any atom is 0.271 e. The van der Waals surface area contributed by atoms with Gasteiger partial charge in [0.15, 0.2) is 0 Å². The summed E-state index contributed by atoms with van der Waals surface area (Å²) in [5.74, 6) is 0.383. The minimum Gasteiger partial charge on any atom is -0.494 e. The summed E-state index contributed by atoms with van der Waals surface area (Å²) < 4.78 is 6.47. The van der Waals surface area contributed by atoms with Crippen molar-refractivity contribution < 1.29 is 14.5 Å². The standard InChI is InChI=1S/C22H25Br2N5O4/c1-13(30)25-18-11-20(28(2)14-7-5-4-6-8-14)21(33-3)12-19(18)26-27-22-16(23)9-15(29(31)32)10-17(22)24/h9-12,14H,4-8H2,1-3H3,(H,25,30). The van der Waals surface area contributed by atoms with Gasteiger partial charge in [0.05, 0.1) is 32.4 Å². The maximum atomic E-state index is 11.9. The fourth-order valence-electron chi connectivity index (χ4n) is 3.89. The third kappa shape index (κ3) is 6.08. The Morgan fingerprint density at radius 1 is 1.15 bits per heavy atom. The average Bonchev–Trinajstić information content (AvgIpc) is 2.78. The summed E-state index contributed by atoms with van der Waals surface area (Å²) in [6.07, 6.45) is 5.87. The van der Waals surface area contributed by atoms with E-state index in [0.717, 1.165) is 18.5 Å². The molecule has 0 bridgehead atoms. The smallest absolute Gasteiger partial charge is 0.271 e. The molecule has 176 valence electrons. The lowest BCUT2D eigenvalue weighted by Gasteiger charge is -2.34. The average molecular weight is 583 g/mol. The van der Waals surface area contributed by atoms with Crippen LogP contribution in [0.3, 0.4) is 0 Å². The predicted octanol–water partition coefficient (Wildman–Crippen LogP) is 7.27. The van der Waals surface area contributed by atoms with Gasteiger partial charge in [-0.05, 0) is 50.8 Å². The van der Waals surface area contributed by atoms with Gasteiger partial charge in [0.1, 0.15) is 17.1 Å². The quantitative estimate of drug-likeness (QED) is 0.210. The molecule has 0 aliphatic heterocycles. The Labute approximate surface area is 209 Å². The second-order valence-corrected chi connectivity index (χ2v) is 9.55. The highest BCUT2D eigenvalue weighted by Crippen LogP contribution is 2.43. The zero-order valence-corrected chi connectivity index (χ0v) is 21.8. The first-order chi connectivity index (χ1) is 15.7. The Balaban J connectivity index is 2.02. The highest BCUT2D eigenvalue weighted by Gasteiger charge is 2.23. The topological polar surface area (TPSA) is 109 Å². The summed E-state index contributed by atoms with van der Waals surface area (Å²) >= 11 is 6.62. The van der Waals surface area contributed by atoms with E-state index in [-0.39, 0.29) is 11.6 Å². The Morgan fingerprint density at radius 3 is 2.33 bits per heavy atom. The molecule has 0 radical (unpaired) electrons. The largest absolute Gasteiger partial charge is 0.494 e. The van der Waals surface area contributed by atoms with Crippen LogP contribution in [0.15, 0.2) is 43.4 Å². The molecule has 0 saturated heterocycles. The van der Waals surface area contributed by atoms with Gasteiger partial charge in [-0.25, -0.2) is 0 Å². The van der Waals surface area contributed by atoms with E-state index >= 15 is 0 Å². The minimum atomic E-state index is -0.488. The molecule has 2 aromatic carbocycles. The van der Waals surface area contributed by atoms with Crippen molar-refractivity contribution in [2.24, 2.45) is 10.2 Å². The van der Waals surface area contributed by atoms with Gasteiger partial charge in [-0.2, -0.15) is 0 Å². The van der Waals surface area contributed by atoms with Crippen LogP contribution in [0.4, 0.5) is 28.4 Å². The lowest BCUT2D eigenvalue weighted by atomic mass is 9.94. The summed E-state index contributed by atoms with van der Waals surface area (Å²) in [4.78, 5) is 24.7. The van der Waals surface area contributed by atoms with Gasteiger partial charge in [-0.15, -0.1) is 10.2 Å². The monoisotopic (exact) mass is 581 g/mol. The van der Waals surface area contributed by atoms with Crippen LogP contribution in [-0.2, 0) is 4.79 Å². The van der Waals surface area contributed by atoms with Crippen LogP contribution >= 0.6 is 31.9 Å². The first-order valence-electron chi connectivity index (χ1n) is 10.5. The molecule has 0 atom stereocenters. The predicted molar refractivity (Wildman–Crippen MR) is 135 cm³/mol. The zero-order valence-electron chi connectivity index (χ0n) is 18.6. The Morgan fingerprint density at radius 2 is 1.79 bits per heavy atom. The number of methoxy groups -OCH3 is 1. The number of halogens is 2. The van der Waals surface area contributed by atoms with E-state index in [0.29, 0.717) is 37.8 Å². The zero-order chi connectivity index (χ0) is 24.1. The molecule has 33 heavy (non-hydrogen) atoms. The highest BCUT2D eigenvalue weighted by molar-refractivity contribution is 9.11. The molecule has 3 rings (SSSR count). The fourth-order valence-corrected chi connectivity index (χ4v) is 5.21. The molecule has 9 nitrogen and oxygen atoms in total. The number of hydrogen-bond acceptors (Lipinski definition) is 7. The molecule has 0 spiro atoms. The highest BCUT2D eigenvalue weighted by atomic mass is 79.9. The van der Waals surface area contributed by atoms with Crippen molar-refractivity contribution in [1.82, 2.24) is 0 Å². The minimum absolute atomic E-state index is 0.0802. The van der Waals surface area contributed by atoms with Crippen molar-refractivity contribution in [2.75, 3.05) is 24.4 Å². The van der Waals surface area contributed by atoms with E-state index in [9.17, 15) is 14.9 Å². The summed E-state index contributed by atoms with van der Waals surface area (Å²) in [6, 6.07) is 6.70. The van der Waals surface area contributed by atoms with Crippen molar-refractivity contribution >= 4 is 66.2 Å². The number of azo groups is 1. The number of carbonyl (C=O) groups excluding carboxylic acids is 1. The number of anilines is 2. The molecule has 11 heteroatoms. The second kappa shape index (κ2) is 11.1. The van der Waals surface area contributed by atoms with Crippen LogP contribution < -0.4 is 15.0 Å². The number of ether oxygens (including phenoxy) is 1. The maximum absolute atomic E-state index is 11.9. The number of nitro groups is 1. The van der Waals surface area contributed by atoms with Crippen molar-refractivity contribution in [3.8, 4) is 5.75 Å². The SMILES string of the molecule is COc1cc(N=Nc2c(Br)cc([N+](=O)[O-])cc2Br)c(NC(C)=O)cc1N(C)C1CCCCC1. The third-order valence-corrected chi connectivity index (χ3v) is 6.79. The molecule has 1 aliphatic carbocycles. The van der Waals surface area contributed by atoms with Crippen molar-refractivity contribution in [2.45, 2.75) is 45.1 Å². The van der Waals surface area contributed by atoms with Gasteiger partial charge in [-0.3, -0.25) is 14.9 Å². The van der Waals surface area contributed by atoms with Gasteiger partial charge in [0, 0.05) is 38.2 Å².